The summed E-state index contributed by atoms with van der Waals surface area (Å²) in [6, 6.07) is 0. The Morgan fingerprint density at radius 2 is 0.434 bits per heavy atom. The molecule has 0 bridgehead atoms. The third kappa shape index (κ3) is 68.7. The third-order valence-electron chi connectivity index (χ3n) is 15.2. The van der Waals surface area contributed by atoms with Crippen LogP contribution in [0.5, 0.6) is 0 Å². The van der Waals surface area contributed by atoms with Crippen LogP contribution in [0.3, 0.4) is 0 Å². The second kappa shape index (κ2) is 70.6. The van der Waals surface area contributed by atoms with E-state index in [1.165, 1.54) is 186 Å². The van der Waals surface area contributed by atoms with Gasteiger partial charge in [0.2, 0.25) is 0 Å². The van der Waals surface area contributed by atoms with Crippen LogP contribution in [0.2, 0.25) is 0 Å². The number of carbonyl (C=O) groups is 3. The Morgan fingerprint density at radius 1 is 0.241 bits per heavy atom. The average molecular weight is 1150 g/mol. The second-order valence-electron chi connectivity index (χ2n) is 23.4. The summed E-state index contributed by atoms with van der Waals surface area (Å²) in [6.07, 6.45) is 96.6. The lowest BCUT2D eigenvalue weighted by Crippen LogP contribution is -2.30. The van der Waals surface area contributed by atoms with Gasteiger partial charge in [-0.05, 0) is 135 Å². The maximum absolute atomic E-state index is 13.0. The Morgan fingerprint density at radius 3 is 0.699 bits per heavy atom. The molecule has 0 aromatic heterocycles. The fourth-order valence-corrected chi connectivity index (χ4v) is 9.88. The lowest BCUT2D eigenvalue weighted by molar-refractivity contribution is -0.167. The van der Waals surface area contributed by atoms with Crippen molar-refractivity contribution in [2.45, 2.75) is 348 Å². The van der Waals surface area contributed by atoms with E-state index in [1.54, 1.807) is 0 Å². The standard InChI is InChI=1S/C77H132O6/c1-4-7-10-13-16-19-22-25-28-31-34-36-38-40-43-46-49-52-55-58-61-64-67-70-76(79)82-73-74(72-81-75(78)69-66-63-60-57-54-51-48-45-42-33-30-27-24-21-18-15-12-9-6-3)83-77(80)71-68-65-62-59-56-53-50-47-44-41-39-37-35-32-29-26-23-20-17-14-11-8-5-2/h18,21-23,25-27,30-32,34-35,38-42,45,74H,4-17,19-20,24,28-29,33,36-37,43-44,46-73H2,1-3H3/b21-18-,25-22-,26-23-,30-27-,34-31-,35-32-,40-38-,41-39-,45-42-. The molecule has 0 radical (unpaired) electrons. The molecule has 0 amide bonds. The zero-order chi connectivity index (χ0) is 59.9. The van der Waals surface area contributed by atoms with Crippen LogP contribution >= 0.6 is 0 Å². The van der Waals surface area contributed by atoms with E-state index in [0.717, 1.165) is 116 Å². The van der Waals surface area contributed by atoms with Crippen LogP contribution < -0.4 is 0 Å². The third-order valence-corrected chi connectivity index (χ3v) is 15.2. The Balaban J connectivity index is 4.44. The van der Waals surface area contributed by atoms with E-state index in [-0.39, 0.29) is 31.1 Å². The summed E-state index contributed by atoms with van der Waals surface area (Å²) >= 11 is 0. The maximum atomic E-state index is 13.0. The topological polar surface area (TPSA) is 78.9 Å². The van der Waals surface area contributed by atoms with Crippen molar-refractivity contribution in [3.05, 3.63) is 109 Å². The van der Waals surface area contributed by atoms with Crippen molar-refractivity contribution in [1.29, 1.82) is 0 Å². The fourth-order valence-electron chi connectivity index (χ4n) is 9.88. The number of hydrogen-bond donors (Lipinski definition) is 0. The molecule has 0 spiro atoms. The summed E-state index contributed by atoms with van der Waals surface area (Å²) in [5.41, 5.74) is 0. The van der Waals surface area contributed by atoms with Gasteiger partial charge in [-0.2, -0.15) is 0 Å². The van der Waals surface area contributed by atoms with E-state index < -0.39 is 6.10 Å². The molecule has 0 fully saturated rings. The summed E-state index contributed by atoms with van der Waals surface area (Å²) in [6.45, 7) is 6.60. The lowest BCUT2D eigenvalue weighted by atomic mass is 10.1. The number of carbonyl (C=O) groups excluding carboxylic acids is 3. The fraction of sp³-hybridized carbons (Fsp3) is 0.727. The van der Waals surface area contributed by atoms with Gasteiger partial charge >= 0.3 is 17.9 Å². The molecule has 0 heterocycles. The summed E-state index contributed by atoms with van der Waals surface area (Å²) < 4.78 is 17.0. The van der Waals surface area contributed by atoms with Gasteiger partial charge < -0.3 is 14.2 Å². The van der Waals surface area contributed by atoms with Gasteiger partial charge in [-0.15, -0.1) is 0 Å². The van der Waals surface area contributed by atoms with Gasteiger partial charge in [-0.1, -0.05) is 297 Å². The highest BCUT2D eigenvalue weighted by Crippen LogP contribution is 2.16. The minimum atomic E-state index is -0.796. The molecular formula is C77H132O6. The van der Waals surface area contributed by atoms with E-state index >= 15 is 0 Å². The van der Waals surface area contributed by atoms with Gasteiger partial charge in [-0.3, -0.25) is 14.4 Å². The van der Waals surface area contributed by atoms with Gasteiger partial charge in [0, 0.05) is 19.3 Å². The van der Waals surface area contributed by atoms with Crippen molar-refractivity contribution >= 4 is 17.9 Å². The smallest absolute Gasteiger partial charge is 0.306 e. The zero-order valence-corrected chi connectivity index (χ0v) is 54.7. The maximum Gasteiger partial charge on any atom is 0.306 e. The molecule has 0 saturated heterocycles. The minimum Gasteiger partial charge on any atom is -0.462 e. The summed E-state index contributed by atoms with van der Waals surface area (Å²) in [7, 11) is 0. The molecule has 0 aliphatic carbocycles. The second-order valence-corrected chi connectivity index (χ2v) is 23.4. The molecule has 476 valence electrons. The van der Waals surface area contributed by atoms with E-state index in [9.17, 15) is 14.4 Å². The van der Waals surface area contributed by atoms with Crippen molar-refractivity contribution in [1.82, 2.24) is 0 Å². The van der Waals surface area contributed by atoms with Gasteiger partial charge in [0.1, 0.15) is 13.2 Å². The highest BCUT2D eigenvalue weighted by atomic mass is 16.6. The van der Waals surface area contributed by atoms with E-state index in [0.29, 0.717) is 19.3 Å². The molecule has 0 aromatic rings. The molecule has 0 aliphatic rings. The van der Waals surface area contributed by atoms with Gasteiger partial charge in [-0.25, -0.2) is 0 Å². The predicted octanol–water partition coefficient (Wildman–Crippen LogP) is 24.6. The van der Waals surface area contributed by atoms with Crippen molar-refractivity contribution < 1.29 is 28.6 Å². The van der Waals surface area contributed by atoms with Gasteiger partial charge in [0.05, 0.1) is 0 Å². The SMILES string of the molecule is CCCCC/C=C\C/C=C\C/C=C\CCCCCCCCC(=O)OCC(COC(=O)CCCCCCCCCC/C=C\C/C=C\C/C=C\CCCCCCC)OC(=O)CCCCCCCCCC/C=C\C/C=C\C/C=C\CCCCCCC. The number of esters is 3. The number of allylic oxidation sites excluding steroid dienone is 18. The quantitative estimate of drug-likeness (QED) is 0.0261. The van der Waals surface area contributed by atoms with Crippen molar-refractivity contribution in [2.75, 3.05) is 13.2 Å². The first kappa shape index (κ1) is 79.1. The van der Waals surface area contributed by atoms with Crippen LogP contribution in [0.15, 0.2) is 109 Å². The van der Waals surface area contributed by atoms with Crippen molar-refractivity contribution in [3.63, 3.8) is 0 Å². The van der Waals surface area contributed by atoms with E-state index in [1.807, 2.05) is 0 Å². The van der Waals surface area contributed by atoms with Gasteiger partial charge in [0.25, 0.3) is 0 Å². The first-order valence-corrected chi connectivity index (χ1v) is 35.4. The molecule has 0 rings (SSSR count). The molecule has 1 unspecified atom stereocenters. The normalized spacial score (nSPS) is 12.8. The molecule has 6 heteroatoms. The Hall–Kier alpha value is -3.93. The van der Waals surface area contributed by atoms with Crippen LogP contribution in [0.4, 0.5) is 0 Å². The molecule has 1 atom stereocenters. The molecule has 6 nitrogen and oxygen atoms in total. The summed E-state index contributed by atoms with van der Waals surface area (Å²) in [5.74, 6) is -0.904. The highest BCUT2D eigenvalue weighted by molar-refractivity contribution is 5.71. The summed E-state index contributed by atoms with van der Waals surface area (Å²) in [4.78, 5) is 38.5. The first-order chi connectivity index (χ1) is 41.0. The zero-order valence-electron chi connectivity index (χ0n) is 54.7. The molecular weight excluding hydrogens is 1020 g/mol. The van der Waals surface area contributed by atoms with Crippen molar-refractivity contribution in [2.24, 2.45) is 0 Å². The van der Waals surface area contributed by atoms with Crippen LogP contribution in [0, 0.1) is 0 Å². The number of unbranched alkanes of at least 4 members (excludes halogenated alkanes) is 35. The monoisotopic (exact) mass is 1150 g/mol. The minimum absolute atomic E-state index is 0.0898. The van der Waals surface area contributed by atoms with E-state index in [2.05, 4.69) is 130 Å². The molecule has 0 aromatic carbocycles. The average Bonchev–Trinajstić information content (AvgIpc) is 3.49. The Kier molecular flexibility index (Phi) is 67.2. The van der Waals surface area contributed by atoms with Crippen molar-refractivity contribution in [3.8, 4) is 0 Å². The lowest BCUT2D eigenvalue weighted by Gasteiger charge is -2.18. The van der Waals surface area contributed by atoms with Gasteiger partial charge in [0.15, 0.2) is 6.10 Å². The number of hydrogen-bond acceptors (Lipinski definition) is 6. The molecule has 0 N–H and O–H groups in total. The summed E-state index contributed by atoms with van der Waals surface area (Å²) in [5, 5.41) is 0. The van der Waals surface area contributed by atoms with Crippen LogP contribution in [0.1, 0.15) is 342 Å². The Labute approximate surface area is 514 Å². The Bertz CT molecular complexity index is 1660. The number of ether oxygens (including phenoxy) is 3. The largest absolute Gasteiger partial charge is 0.462 e. The van der Waals surface area contributed by atoms with Crippen LogP contribution in [-0.4, -0.2) is 37.2 Å². The van der Waals surface area contributed by atoms with E-state index in [4.69, 9.17) is 14.2 Å². The molecule has 0 aliphatic heterocycles. The van der Waals surface area contributed by atoms with Crippen LogP contribution in [-0.2, 0) is 28.6 Å². The first-order valence-electron chi connectivity index (χ1n) is 35.4. The molecule has 83 heavy (non-hydrogen) atoms. The van der Waals surface area contributed by atoms with Crippen LogP contribution in [0.25, 0.3) is 0 Å². The number of rotatable bonds is 64. The molecule has 0 saturated carbocycles. The highest BCUT2D eigenvalue weighted by Gasteiger charge is 2.19. The predicted molar refractivity (Wildman–Crippen MR) is 362 cm³/mol.